The van der Waals surface area contributed by atoms with Gasteiger partial charge in [-0.05, 0) is 133 Å². The van der Waals surface area contributed by atoms with Gasteiger partial charge in [0.25, 0.3) is 0 Å². The van der Waals surface area contributed by atoms with E-state index in [1.54, 1.807) is 0 Å². The van der Waals surface area contributed by atoms with Crippen molar-refractivity contribution in [1.82, 2.24) is 0 Å². The minimum absolute atomic E-state index is 0.906. The molecular formula is C58H39NO. The molecule has 0 aliphatic carbocycles. The molecule has 2 heteroatoms. The molecule has 0 spiro atoms. The van der Waals surface area contributed by atoms with Crippen LogP contribution >= 0.6 is 0 Å². The summed E-state index contributed by atoms with van der Waals surface area (Å²) in [4.78, 5) is 2.34. The van der Waals surface area contributed by atoms with E-state index >= 15 is 0 Å². The van der Waals surface area contributed by atoms with Crippen LogP contribution in [-0.2, 0) is 0 Å². The number of nitrogens with zero attached hydrogens (tertiary/aromatic N) is 1. The summed E-state index contributed by atoms with van der Waals surface area (Å²) < 4.78 is 6.12. The molecular weight excluding hydrogens is 727 g/mol. The molecule has 11 rings (SSSR count). The van der Waals surface area contributed by atoms with Crippen molar-refractivity contribution in [3.63, 3.8) is 0 Å². The Morgan fingerprint density at radius 2 is 0.667 bits per heavy atom. The molecule has 282 valence electrons. The molecule has 11 aromatic rings. The maximum atomic E-state index is 6.12. The summed E-state index contributed by atoms with van der Waals surface area (Å²) in [5.41, 5.74) is 17.0. The van der Waals surface area contributed by atoms with Crippen molar-refractivity contribution >= 4 is 49.8 Å². The van der Waals surface area contributed by atoms with Crippen LogP contribution in [0.3, 0.4) is 0 Å². The smallest absolute Gasteiger partial charge is 0.135 e. The maximum Gasteiger partial charge on any atom is 0.135 e. The Balaban J connectivity index is 0.925. The van der Waals surface area contributed by atoms with E-state index in [9.17, 15) is 0 Å². The van der Waals surface area contributed by atoms with Crippen LogP contribution in [0, 0.1) is 0 Å². The van der Waals surface area contributed by atoms with Crippen LogP contribution in [0.1, 0.15) is 0 Å². The highest BCUT2D eigenvalue weighted by molar-refractivity contribution is 6.06. The van der Waals surface area contributed by atoms with Gasteiger partial charge in [-0.2, -0.15) is 0 Å². The van der Waals surface area contributed by atoms with Gasteiger partial charge in [-0.25, -0.2) is 0 Å². The Morgan fingerprint density at radius 1 is 0.250 bits per heavy atom. The number of fused-ring (bicyclic) bond motifs is 4. The van der Waals surface area contributed by atoms with Crippen LogP contribution in [0.15, 0.2) is 241 Å². The molecule has 0 radical (unpaired) electrons. The summed E-state index contributed by atoms with van der Waals surface area (Å²) in [6.07, 6.45) is 0. The summed E-state index contributed by atoms with van der Waals surface area (Å²) in [6, 6.07) is 84.9. The normalized spacial score (nSPS) is 11.3. The number of anilines is 3. The molecule has 0 N–H and O–H groups in total. The molecule has 0 fully saturated rings. The van der Waals surface area contributed by atoms with Gasteiger partial charge in [0, 0.05) is 27.8 Å². The fourth-order valence-corrected chi connectivity index (χ4v) is 8.61. The van der Waals surface area contributed by atoms with E-state index in [4.69, 9.17) is 4.42 Å². The zero-order valence-corrected chi connectivity index (χ0v) is 32.9. The molecule has 0 aliphatic rings. The standard InChI is InChI=1S/C58H39NO/c1-2-11-40(12-3-1)41-23-30-50(31-24-41)59(52-34-27-43(28-35-52)48-29-36-58-56(39-48)55-20-6-7-22-57(55)60-58)51-32-25-42(26-33-51)45-15-8-16-46(37-45)47-17-9-18-49(38-47)54-21-10-14-44-13-4-5-19-53(44)54/h1-39H. The summed E-state index contributed by atoms with van der Waals surface area (Å²) in [7, 11) is 0. The molecule has 0 saturated heterocycles. The van der Waals surface area contributed by atoms with Crippen molar-refractivity contribution in [3.8, 4) is 55.6 Å². The first kappa shape index (κ1) is 35.2. The molecule has 0 unspecified atom stereocenters. The summed E-state index contributed by atoms with van der Waals surface area (Å²) in [6.45, 7) is 0. The van der Waals surface area contributed by atoms with E-state index < -0.39 is 0 Å². The Hall–Kier alpha value is -7.94. The van der Waals surface area contributed by atoms with Crippen molar-refractivity contribution in [2.45, 2.75) is 0 Å². The van der Waals surface area contributed by atoms with Gasteiger partial charge < -0.3 is 9.32 Å². The van der Waals surface area contributed by atoms with E-state index in [-0.39, 0.29) is 0 Å². The first-order valence-corrected chi connectivity index (χ1v) is 20.5. The van der Waals surface area contributed by atoms with Gasteiger partial charge in [0.1, 0.15) is 11.2 Å². The second kappa shape index (κ2) is 15.1. The largest absolute Gasteiger partial charge is 0.456 e. The third-order valence-corrected chi connectivity index (χ3v) is 11.7. The number of hydrogen-bond donors (Lipinski definition) is 0. The van der Waals surface area contributed by atoms with Crippen LogP contribution < -0.4 is 4.90 Å². The monoisotopic (exact) mass is 765 g/mol. The van der Waals surface area contributed by atoms with Crippen LogP contribution in [0.5, 0.6) is 0 Å². The fourth-order valence-electron chi connectivity index (χ4n) is 8.61. The minimum atomic E-state index is 0.906. The second-order valence-corrected chi connectivity index (χ2v) is 15.3. The molecule has 2 nitrogen and oxygen atoms in total. The predicted molar refractivity (Wildman–Crippen MR) is 253 cm³/mol. The van der Waals surface area contributed by atoms with Crippen molar-refractivity contribution in [1.29, 1.82) is 0 Å². The third-order valence-electron chi connectivity index (χ3n) is 11.7. The van der Waals surface area contributed by atoms with Crippen molar-refractivity contribution in [2.75, 3.05) is 4.90 Å². The lowest BCUT2D eigenvalue weighted by molar-refractivity contribution is 0.669. The molecule has 0 bridgehead atoms. The fraction of sp³-hybridized carbons (Fsp3) is 0. The average Bonchev–Trinajstić information content (AvgIpc) is 3.71. The van der Waals surface area contributed by atoms with Gasteiger partial charge >= 0.3 is 0 Å². The SMILES string of the molecule is c1ccc(-c2ccc(N(c3ccc(-c4cccc(-c5cccc(-c6cccc7ccccc67)c5)c4)cc3)c3ccc(-c4ccc5oc6ccccc6c5c4)cc3)cc2)cc1. The third kappa shape index (κ3) is 6.61. The summed E-state index contributed by atoms with van der Waals surface area (Å²) in [5.74, 6) is 0. The Kier molecular flexibility index (Phi) is 8.87. The van der Waals surface area contributed by atoms with Crippen LogP contribution in [-0.4, -0.2) is 0 Å². The molecule has 0 atom stereocenters. The number of benzene rings is 10. The van der Waals surface area contributed by atoms with Crippen molar-refractivity contribution < 1.29 is 4.42 Å². The topological polar surface area (TPSA) is 16.4 Å². The van der Waals surface area contributed by atoms with Gasteiger partial charge in [-0.15, -0.1) is 0 Å². The number of para-hydroxylation sites is 1. The van der Waals surface area contributed by atoms with Crippen LogP contribution in [0.25, 0.3) is 88.3 Å². The lowest BCUT2D eigenvalue weighted by Crippen LogP contribution is -2.09. The number of furan rings is 1. The number of rotatable bonds is 8. The van der Waals surface area contributed by atoms with Gasteiger partial charge in [-0.1, -0.05) is 170 Å². The lowest BCUT2D eigenvalue weighted by Gasteiger charge is -2.26. The van der Waals surface area contributed by atoms with E-state index in [2.05, 4.69) is 229 Å². The highest BCUT2D eigenvalue weighted by Crippen LogP contribution is 2.39. The first-order valence-electron chi connectivity index (χ1n) is 20.5. The zero-order valence-electron chi connectivity index (χ0n) is 32.9. The quantitative estimate of drug-likeness (QED) is 0.153. The maximum absolute atomic E-state index is 6.12. The van der Waals surface area contributed by atoms with E-state index in [0.29, 0.717) is 0 Å². The Bertz CT molecular complexity index is 3280. The van der Waals surface area contributed by atoms with Gasteiger partial charge in [0.15, 0.2) is 0 Å². The summed E-state index contributed by atoms with van der Waals surface area (Å²) >= 11 is 0. The van der Waals surface area contributed by atoms with Crippen molar-refractivity contribution in [3.05, 3.63) is 237 Å². The van der Waals surface area contributed by atoms with E-state index in [1.165, 1.54) is 55.3 Å². The second-order valence-electron chi connectivity index (χ2n) is 15.3. The zero-order chi connectivity index (χ0) is 39.8. The molecule has 1 heterocycles. The lowest BCUT2D eigenvalue weighted by atomic mass is 9.94. The molecule has 10 aromatic carbocycles. The molecule has 60 heavy (non-hydrogen) atoms. The van der Waals surface area contributed by atoms with Crippen molar-refractivity contribution in [2.24, 2.45) is 0 Å². The molecule has 1 aromatic heterocycles. The Morgan fingerprint density at radius 3 is 1.33 bits per heavy atom. The van der Waals surface area contributed by atoms with E-state index in [0.717, 1.165) is 50.1 Å². The van der Waals surface area contributed by atoms with Crippen LogP contribution in [0.4, 0.5) is 17.1 Å². The minimum Gasteiger partial charge on any atom is -0.456 e. The Labute approximate surface area is 349 Å². The highest BCUT2D eigenvalue weighted by atomic mass is 16.3. The average molecular weight is 766 g/mol. The number of hydrogen-bond acceptors (Lipinski definition) is 2. The summed E-state index contributed by atoms with van der Waals surface area (Å²) in [5, 5.41) is 4.79. The molecule has 0 saturated carbocycles. The van der Waals surface area contributed by atoms with Gasteiger partial charge in [-0.3, -0.25) is 0 Å². The van der Waals surface area contributed by atoms with Crippen LogP contribution in [0.2, 0.25) is 0 Å². The van der Waals surface area contributed by atoms with E-state index in [1.807, 2.05) is 12.1 Å². The van der Waals surface area contributed by atoms with Gasteiger partial charge in [0.05, 0.1) is 0 Å². The predicted octanol–water partition coefficient (Wildman–Crippen LogP) is 16.5. The first-order chi connectivity index (χ1) is 29.7. The molecule has 0 amide bonds. The van der Waals surface area contributed by atoms with Gasteiger partial charge in [0.2, 0.25) is 0 Å². The molecule has 0 aliphatic heterocycles. The highest BCUT2D eigenvalue weighted by Gasteiger charge is 2.15.